The van der Waals surface area contributed by atoms with Crippen LogP contribution < -0.4 is 21.3 Å². The highest BCUT2D eigenvalue weighted by atomic mass is 35.5. The number of nitrogen functional groups attached to an aromatic ring is 1. The fraction of sp³-hybridized carbons (Fsp3) is 0.154. The number of nitrogens with one attached hydrogen (secondary N) is 2. The number of hydrogen-bond donors (Lipinski definition) is 3. The molecule has 2 heterocycles. The summed E-state index contributed by atoms with van der Waals surface area (Å²) in [7, 11) is 0. The van der Waals surface area contributed by atoms with Crippen LogP contribution in [0.1, 0.15) is 17.3 Å². The summed E-state index contributed by atoms with van der Waals surface area (Å²) in [6.07, 6.45) is 2.88. The van der Waals surface area contributed by atoms with Crippen LogP contribution in [0.25, 0.3) is 0 Å². The molecule has 0 spiro atoms. The highest BCUT2D eigenvalue weighted by Gasteiger charge is 2.10. The zero-order valence-corrected chi connectivity index (χ0v) is 12.0. The van der Waals surface area contributed by atoms with Crippen LogP contribution in [0.2, 0.25) is 5.02 Å². The Morgan fingerprint density at radius 1 is 1.38 bits per heavy atom. The molecule has 21 heavy (non-hydrogen) atoms. The first-order chi connectivity index (χ1) is 10.1. The highest BCUT2D eigenvalue weighted by molar-refractivity contribution is 6.33. The minimum atomic E-state index is -0.348. The number of halogens is 1. The number of aromatic nitrogens is 2. The minimum Gasteiger partial charge on any atom is -0.478 e. The van der Waals surface area contributed by atoms with Crippen molar-refractivity contribution in [3.63, 3.8) is 0 Å². The highest BCUT2D eigenvalue weighted by Crippen LogP contribution is 2.20. The van der Waals surface area contributed by atoms with E-state index in [1.807, 2.05) is 6.92 Å². The predicted molar refractivity (Wildman–Crippen MR) is 80.4 cm³/mol. The molecule has 0 aliphatic rings. The number of ether oxygens (including phenoxy) is 1. The van der Waals surface area contributed by atoms with E-state index >= 15 is 0 Å². The van der Waals surface area contributed by atoms with E-state index in [1.165, 1.54) is 18.5 Å². The van der Waals surface area contributed by atoms with E-state index in [0.717, 1.165) is 0 Å². The summed E-state index contributed by atoms with van der Waals surface area (Å²) in [5.41, 5.74) is 3.19. The molecule has 0 bridgehead atoms. The average molecular weight is 308 g/mol. The quantitative estimate of drug-likeness (QED) is 0.577. The lowest BCUT2D eigenvalue weighted by Crippen LogP contribution is -2.14. The Hall–Kier alpha value is -2.38. The van der Waals surface area contributed by atoms with Crippen molar-refractivity contribution in [3.05, 3.63) is 41.2 Å². The number of nitrogens with two attached hydrogens (primary N) is 1. The Labute approximate surface area is 126 Å². The number of pyridine rings is 2. The Morgan fingerprint density at radius 2 is 2.19 bits per heavy atom. The molecule has 0 atom stereocenters. The first kappa shape index (κ1) is 15.0. The molecule has 0 radical (unpaired) electrons. The molecule has 8 heteroatoms. The fourth-order valence-corrected chi connectivity index (χ4v) is 1.78. The predicted octanol–water partition coefficient (Wildman–Crippen LogP) is 2.07. The topological polar surface area (TPSA) is 102 Å². The van der Waals surface area contributed by atoms with Crippen LogP contribution in [0, 0.1) is 0 Å². The van der Waals surface area contributed by atoms with Crippen molar-refractivity contribution in [2.75, 3.05) is 17.3 Å². The van der Waals surface area contributed by atoms with Gasteiger partial charge >= 0.3 is 0 Å². The number of nitrogens with zero attached hydrogens (tertiary/aromatic N) is 2. The van der Waals surface area contributed by atoms with Gasteiger partial charge in [-0.15, -0.1) is 0 Å². The van der Waals surface area contributed by atoms with Gasteiger partial charge in [0.05, 0.1) is 29.1 Å². The zero-order valence-electron chi connectivity index (χ0n) is 11.3. The Balaban J connectivity index is 2.08. The molecule has 2 rings (SSSR count). The first-order valence-corrected chi connectivity index (χ1v) is 6.54. The van der Waals surface area contributed by atoms with Gasteiger partial charge in [0.25, 0.3) is 5.91 Å². The molecule has 7 nitrogen and oxygen atoms in total. The molecule has 0 aliphatic carbocycles. The molecule has 0 fully saturated rings. The summed E-state index contributed by atoms with van der Waals surface area (Å²) in [5, 5.41) is 2.94. The molecule has 0 saturated heterocycles. The number of carbonyl (C=O) groups excluding carboxylic acids is 1. The van der Waals surface area contributed by atoms with Gasteiger partial charge in [-0.1, -0.05) is 11.6 Å². The third-order valence-electron chi connectivity index (χ3n) is 2.53. The maximum Gasteiger partial charge on any atom is 0.257 e. The normalized spacial score (nSPS) is 10.0. The lowest BCUT2D eigenvalue weighted by molar-refractivity contribution is 0.102. The Bertz CT molecular complexity index is 633. The number of amides is 1. The molecule has 0 unspecified atom stereocenters. The van der Waals surface area contributed by atoms with Gasteiger partial charge in [0.15, 0.2) is 5.82 Å². The molecule has 1 amide bonds. The van der Waals surface area contributed by atoms with Crippen molar-refractivity contribution in [3.8, 4) is 5.88 Å². The summed E-state index contributed by atoms with van der Waals surface area (Å²) in [6, 6.07) is 4.84. The molecule has 2 aromatic heterocycles. The van der Waals surface area contributed by atoms with Crippen molar-refractivity contribution < 1.29 is 9.53 Å². The van der Waals surface area contributed by atoms with Crippen molar-refractivity contribution in [1.82, 2.24) is 9.97 Å². The minimum absolute atomic E-state index is 0.259. The van der Waals surface area contributed by atoms with Crippen LogP contribution in [0.3, 0.4) is 0 Å². The number of anilines is 2. The van der Waals surface area contributed by atoms with Crippen LogP contribution in [0.15, 0.2) is 30.6 Å². The summed E-state index contributed by atoms with van der Waals surface area (Å²) in [4.78, 5) is 20.0. The van der Waals surface area contributed by atoms with Gasteiger partial charge in [-0.2, -0.15) is 0 Å². The third-order valence-corrected chi connectivity index (χ3v) is 2.81. The van der Waals surface area contributed by atoms with Gasteiger partial charge < -0.3 is 15.5 Å². The number of hydrogen-bond acceptors (Lipinski definition) is 6. The molecule has 0 aliphatic heterocycles. The number of hydrazine groups is 1. The molecule has 110 valence electrons. The average Bonchev–Trinajstić information content (AvgIpc) is 2.49. The summed E-state index contributed by atoms with van der Waals surface area (Å²) in [5.74, 6) is 5.67. The van der Waals surface area contributed by atoms with Gasteiger partial charge in [-0.05, 0) is 19.1 Å². The van der Waals surface area contributed by atoms with E-state index in [2.05, 4.69) is 20.7 Å². The molecule has 2 aromatic rings. The van der Waals surface area contributed by atoms with E-state index in [-0.39, 0.29) is 10.9 Å². The van der Waals surface area contributed by atoms with Crippen molar-refractivity contribution >= 4 is 29.0 Å². The maximum absolute atomic E-state index is 12.1. The second-order valence-electron chi connectivity index (χ2n) is 3.97. The smallest absolute Gasteiger partial charge is 0.257 e. The summed E-state index contributed by atoms with van der Waals surface area (Å²) in [6.45, 7) is 2.40. The molecular weight excluding hydrogens is 294 g/mol. The van der Waals surface area contributed by atoms with E-state index in [1.54, 1.807) is 12.1 Å². The second kappa shape index (κ2) is 6.87. The van der Waals surface area contributed by atoms with Crippen LogP contribution in [-0.2, 0) is 0 Å². The second-order valence-corrected chi connectivity index (χ2v) is 4.38. The third kappa shape index (κ3) is 3.80. The maximum atomic E-state index is 12.1. The molecule has 4 N–H and O–H groups in total. The standard InChI is InChI=1S/C13H14ClN5O2/c1-2-21-11-4-3-9(7-16-11)18-13(20)8-5-10(14)12(19-15)17-6-8/h3-7H,2,15H2,1H3,(H,17,19)(H,18,20). The van der Waals surface area contributed by atoms with Crippen molar-refractivity contribution in [2.45, 2.75) is 6.92 Å². The van der Waals surface area contributed by atoms with Crippen LogP contribution >= 0.6 is 11.6 Å². The van der Waals surface area contributed by atoms with E-state index < -0.39 is 0 Å². The van der Waals surface area contributed by atoms with E-state index in [0.29, 0.717) is 29.6 Å². The van der Waals surface area contributed by atoms with Gasteiger partial charge in [0, 0.05) is 12.3 Å². The van der Waals surface area contributed by atoms with Gasteiger partial charge in [-0.25, -0.2) is 15.8 Å². The number of carbonyl (C=O) groups is 1. The van der Waals surface area contributed by atoms with Crippen molar-refractivity contribution in [2.24, 2.45) is 5.84 Å². The Kier molecular flexibility index (Phi) is 4.91. The Morgan fingerprint density at radius 3 is 2.76 bits per heavy atom. The fourth-order valence-electron chi connectivity index (χ4n) is 1.56. The lowest BCUT2D eigenvalue weighted by atomic mass is 10.2. The number of rotatable bonds is 5. The van der Waals surface area contributed by atoms with Crippen LogP contribution in [0.5, 0.6) is 5.88 Å². The van der Waals surface area contributed by atoms with E-state index in [9.17, 15) is 4.79 Å². The lowest BCUT2D eigenvalue weighted by Gasteiger charge is -2.07. The largest absolute Gasteiger partial charge is 0.478 e. The van der Waals surface area contributed by atoms with Crippen LogP contribution in [-0.4, -0.2) is 22.5 Å². The molecular formula is C13H14ClN5O2. The van der Waals surface area contributed by atoms with Crippen LogP contribution in [0.4, 0.5) is 11.5 Å². The molecule has 0 aromatic carbocycles. The molecule has 0 saturated carbocycles. The summed E-state index contributed by atoms with van der Waals surface area (Å²) >= 11 is 5.92. The van der Waals surface area contributed by atoms with Gasteiger partial charge in [-0.3, -0.25) is 4.79 Å². The monoisotopic (exact) mass is 307 g/mol. The summed E-state index contributed by atoms with van der Waals surface area (Å²) < 4.78 is 5.22. The zero-order chi connectivity index (χ0) is 15.2. The van der Waals surface area contributed by atoms with Crippen molar-refractivity contribution in [1.29, 1.82) is 0 Å². The van der Waals surface area contributed by atoms with Gasteiger partial charge in [0.1, 0.15) is 0 Å². The first-order valence-electron chi connectivity index (χ1n) is 6.16. The SMILES string of the molecule is CCOc1ccc(NC(=O)c2cnc(NN)c(Cl)c2)cn1. The van der Waals surface area contributed by atoms with Gasteiger partial charge in [0.2, 0.25) is 5.88 Å². The van der Waals surface area contributed by atoms with E-state index in [4.69, 9.17) is 22.2 Å².